The summed E-state index contributed by atoms with van der Waals surface area (Å²) in [5.41, 5.74) is -2.59. The van der Waals surface area contributed by atoms with Crippen molar-refractivity contribution in [2.45, 2.75) is 32.8 Å². The van der Waals surface area contributed by atoms with E-state index >= 15 is 0 Å². The first-order valence-corrected chi connectivity index (χ1v) is 7.94. The first kappa shape index (κ1) is 29.7. The fourth-order valence-electron chi connectivity index (χ4n) is 1.71. The van der Waals surface area contributed by atoms with Gasteiger partial charge in [-0.3, -0.25) is 4.79 Å². The molecular formula is C17H11F6KN6O2. The van der Waals surface area contributed by atoms with Gasteiger partial charge in [0.05, 0.1) is 18.2 Å². The number of ether oxygens (including phenoxy) is 1. The van der Waals surface area contributed by atoms with Crippen LogP contribution in [0.25, 0.3) is 0 Å². The summed E-state index contributed by atoms with van der Waals surface area (Å²) in [4.78, 5) is 22.4. The Hall–Kier alpha value is -2.30. The van der Waals surface area contributed by atoms with Gasteiger partial charge in [0.2, 0.25) is 5.82 Å². The van der Waals surface area contributed by atoms with Crippen molar-refractivity contribution in [1.82, 2.24) is 19.9 Å². The minimum atomic E-state index is -1.79. The van der Waals surface area contributed by atoms with E-state index < -0.39 is 71.0 Å². The van der Waals surface area contributed by atoms with Crippen molar-refractivity contribution < 1.29 is 87.3 Å². The summed E-state index contributed by atoms with van der Waals surface area (Å²) in [6.07, 6.45) is -3.45. The van der Waals surface area contributed by atoms with Crippen LogP contribution >= 0.6 is 0 Å². The van der Waals surface area contributed by atoms with Crippen LogP contribution in [0.1, 0.15) is 32.2 Å². The average molecular weight is 484 g/mol. The third-order valence-electron chi connectivity index (χ3n) is 2.83. The quantitative estimate of drug-likeness (QED) is 0.145. The first-order valence-electron chi connectivity index (χ1n) is 7.94. The number of hydrogen-bond donors (Lipinski definition) is 0. The fourth-order valence-corrected chi connectivity index (χ4v) is 1.71. The van der Waals surface area contributed by atoms with Gasteiger partial charge in [0.1, 0.15) is 5.60 Å². The van der Waals surface area contributed by atoms with Crippen LogP contribution in [0, 0.1) is 64.3 Å². The fraction of sp³-hybridized carbons (Fsp3) is 0.294. The number of aromatic nitrogens is 4. The molecule has 164 valence electrons. The van der Waals surface area contributed by atoms with Gasteiger partial charge in [-0.2, -0.15) is 32.8 Å². The third-order valence-corrected chi connectivity index (χ3v) is 2.83. The third kappa shape index (κ3) is 8.68. The first-order chi connectivity index (χ1) is 14.3. The molecule has 0 aliphatic carbocycles. The molecule has 0 spiro atoms. The van der Waals surface area contributed by atoms with Gasteiger partial charge in [0, 0.05) is 17.8 Å². The largest absolute Gasteiger partial charge is 1.00 e. The van der Waals surface area contributed by atoms with E-state index in [4.69, 9.17) is 15.3 Å². The molecule has 0 saturated carbocycles. The molecule has 2 aromatic rings. The molecule has 0 aliphatic heterocycles. The Bertz CT molecular complexity index is 1070. The molecular weight excluding hydrogens is 473 g/mol. The van der Waals surface area contributed by atoms with Crippen molar-refractivity contribution in [3.8, 4) is 12.1 Å². The second-order valence-electron chi connectivity index (χ2n) is 6.31. The predicted octanol–water partition coefficient (Wildman–Crippen LogP) is -0.354. The van der Waals surface area contributed by atoms with Gasteiger partial charge in [-0.1, -0.05) is 0 Å². The van der Waals surface area contributed by atoms with E-state index in [2.05, 4.69) is 19.9 Å². The molecule has 2 aromatic heterocycles. The van der Waals surface area contributed by atoms with E-state index in [-0.39, 0.29) is 51.4 Å². The van der Waals surface area contributed by atoms with Crippen molar-refractivity contribution in [1.29, 1.82) is 10.5 Å². The molecule has 0 N–H and O–H groups in total. The standard InChI is InChI=1S/C11H9F3N3O2.C6H2F3N3.K/c1-11(2,3)19-9(18)5(4-15)7-6(12)8(13)17-10(14)16-7;7-4-3(1-2-10)11-6(9)12-5(4)8;/h1-3H3;1H2;/q-1;;+1. The molecule has 0 aromatic carbocycles. The molecule has 0 amide bonds. The van der Waals surface area contributed by atoms with Crippen LogP contribution in [0.5, 0.6) is 0 Å². The van der Waals surface area contributed by atoms with Crippen LogP contribution in [0.2, 0.25) is 0 Å². The smallest absolute Gasteiger partial charge is 0.469 e. The number of nitrogens with zero attached hydrogens (tertiary/aromatic N) is 6. The summed E-state index contributed by atoms with van der Waals surface area (Å²) in [6.45, 7) is 4.53. The summed E-state index contributed by atoms with van der Waals surface area (Å²) in [7, 11) is 0. The Balaban J connectivity index is 0.000000639. The normalized spacial score (nSPS) is 9.97. The number of halogens is 6. The number of carbonyl (C=O) groups is 1. The second kappa shape index (κ2) is 12.7. The van der Waals surface area contributed by atoms with E-state index in [0.29, 0.717) is 0 Å². The molecule has 8 nitrogen and oxygen atoms in total. The van der Waals surface area contributed by atoms with E-state index in [1.807, 2.05) is 0 Å². The Morgan fingerprint density at radius 2 is 1.44 bits per heavy atom. The molecule has 2 heterocycles. The van der Waals surface area contributed by atoms with E-state index in [9.17, 15) is 31.1 Å². The molecule has 0 saturated heterocycles. The van der Waals surface area contributed by atoms with Crippen LogP contribution in [0.15, 0.2) is 0 Å². The van der Waals surface area contributed by atoms with Crippen LogP contribution in [0.3, 0.4) is 0 Å². The zero-order valence-corrected chi connectivity index (χ0v) is 20.1. The van der Waals surface area contributed by atoms with Crippen molar-refractivity contribution in [3.05, 3.63) is 53.0 Å². The van der Waals surface area contributed by atoms with Crippen LogP contribution < -0.4 is 51.4 Å². The molecule has 0 atom stereocenters. The van der Waals surface area contributed by atoms with Crippen molar-refractivity contribution in [3.63, 3.8) is 0 Å². The monoisotopic (exact) mass is 484 g/mol. The molecule has 32 heavy (non-hydrogen) atoms. The summed E-state index contributed by atoms with van der Waals surface area (Å²) >= 11 is 0. The average Bonchev–Trinajstić information content (AvgIpc) is 2.63. The van der Waals surface area contributed by atoms with Gasteiger partial charge in [-0.05, 0) is 26.5 Å². The van der Waals surface area contributed by atoms with E-state index in [0.717, 1.165) is 0 Å². The zero-order valence-electron chi connectivity index (χ0n) is 17.0. The maximum absolute atomic E-state index is 13.4. The van der Waals surface area contributed by atoms with Crippen molar-refractivity contribution in [2.24, 2.45) is 0 Å². The number of esters is 1. The Labute approximate surface area is 220 Å². The van der Waals surface area contributed by atoms with Crippen LogP contribution in [-0.2, 0) is 16.0 Å². The number of nitriles is 2. The van der Waals surface area contributed by atoms with Gasteiger partial charge >= 0.3 is 63.5 Å². The Morgan fingerprint density at radius 3 is 1.91 bits per heavy atom. The van der Waals surface area contributed by atoms with Crippen molar-refractivity contribution in [2.75, 3.05) is 0 Å². The Kier molecular flexibility index (Phi) is 11.7. The summed E-state index contributed by atoms with van der Waals surface area (Å²) in [5.74, 6) is -8.60. The van der Waals surface area contributed by atoms with Gasteiger partial charge in [0.15, 0.2) is 5.95 Å². The maximum atomic E-state index is 13.4. The molecule has 2 rings (SSSR count). The van der Waals surface area contributed by atoms with Gasteiger partial charge in [0.25, 0.3) is 11.9 Å². The van der Waals surface area contributed by atoms with E-state index in [1.165, 1.54) is 32.9 Å². The maximum Gasteiger partial charge on any atom is 1.00 e. The number of hydrogen-bond acceptors (Lipinski definition) is 8. The van der Waals surface area contributed by atoms with Gasteiger partial charge in [-0.15, -0.1) is 0 Å². The van der Waals surface area contributed by atoms with Gasteiger partial charge < -0.3 is 9.13 Å². The SMILES string of the molecule is CC(C)(C)OC(=O)[C-](C#N)c1nc(F)nc(F)c1F.N#CCc1nc(F)nc(F)c1F.[K+]. The summed E-state index contributed by atoms with van der Waals surface area (Å²) in [6, 6.07) is 2.83. The number of rotatable bonds is 3. The topological polar surface area (TPSA) is 125 Å². The zero-order chi connectivity index (χ0) is 23.9. The second-order valence-corrected chi connectivity index (χ2v) is 6.31. The van der Waals surface area contributed by atoms with E-state index in [1.54, 1.807) is 0 Å². The van der Waals surface area contributed by atoms with Crippen LogP contribution in [0.4, 0.5) is 26.3 Å². The van der Waals surface area contributed by atoms with Crippen molar-refractivity contribution >= 4 is 5.97 Å². The Morgan fingerprint density at radius 1 is 0.938 bits per heavy atom. The van der Waals surface area contributed by atoms with Gasteiger partial charge in [-0.25, -0.2) is 19.6 Å². The molecule has 0 unspecified atom stereocenters. The number of carbonyl (C=O) groups excluding carboxylic acids is 1. The predicted molar refractivity (Wildman–Crippen MR) is 86.9 cm³/mol. The molecule has 0 bridgehead atoms. The minimum Gasteiger partial charge on any atom is -0.469 e. The minimum absolute atomic E-state index is 0. The molecule has 0 radical (unpaired) electrons. The molecule has 0 aliphatic rings. The molecule has 0 fully saturated rings. The molecule has 15 heteroatoms. The summed E-state index contributed by atoms with van der Waals surface area (Å²) < 4.78 is 80.9. The summed E-state index contributed by atoms with van der Waals surface area (Å²) in [5, 5.41) is 16.9. The van der Waals surface area contributed by atoms with Crippen LogP contribution in [-0.4, -0.2) is 31.5 Å².